The van der Waals surface area contributed by atoms with Crippen LogP contribution in [0.15, 0.2) is 29.3 Å². The van der Waals surface area contributed by atoms with Crippen molar-refractivity contribution in [3.63, 3.8) is 0 Å². The smallest absolute Gasteiger partial charge is 0.189 e. The number of para-hydroxylation sites is 1. The highest BCUT2D eigenvalue weighted by atomic mass is 127. The lowest BCUT2D eigenvalue weighted by molar-refractivity contribution is 0.262. The fourth-order valence-electron chi connectivity index (χ4n) is 2.90. The van der Waals surface area contributed by atoms with E-state index in [1.807, 2.05) is 22.9 Å². The van der Waals surface area contributed by atoms with E-state index >= 15 is 0 Å². The summed E-state index contributed by atoms with van der Waals surface area (Å²) < 4.78 is 7.49. The number of hydrogen-bond donors (Lipinski definition) is 2. The van der Waals surface area contributed by atoms with Crippen molar-refractivity contribution in [2.75, 3.05) is 6.61 Å². The summed E-state index contributed by atoms with van der Waals surface area (Å²) in [6.07, 6.45) is 3.37. The average Bonchev–Trinajstić information content (AvgIpc) is 3.30. The summed E-state index contributed by atoms with van der Waals surface area (Å²) >= 11 is 0. The van der Waals surface area contributed by atoms with E-state index in [9.17, 15) is 0 Å². The van der Waals surface area contributed by atoms with Gasteiger partial charge in [-0.1, -0.05) is 18.2 Å². The molecule has 1 aromatic heterocycles. The predicted octanol–water partition coefficient (Wildman–Crippen LogP) is 1.63. The van der Waals surface area contributed by atoms with Crippen LogP contribution in [-0.2, 0) is 13.1 Å². The van der Waals surface area contributed by atoms with Gasteiger partial charge in [-0.15, -0.1) is 29.1 Å². The van der Waals surface area contributed by atoms with Crippen LogP contribution in [0.4, 0.5) is 0 Å². The molecule has 1 fully saturated rings. The molecule has 2 heterocycles. The van der Waals surface area contributed by atoms with Gasteiger partial charge in [-0.3, -0.25) is 0 Å². The van der Waals surface area contributed by atoms with Gasteiger partial charge in [0.05, 0.1) is 12.6 Å². The van der Waals surface area contributed by atoms with Crippen LogP contribution in [0.3, 0.4) is 0 Å². The molecule has 3 N–H and O–H groups in total. The standard InChI is InChI=1S/C16H21N7O.HI/c17-16(18-9-15-20-21-22-23(15)10-11-5-6-11)19-13-7-8-24-14-4-2-1-3-12(13)14;/h1-4,11,13H,5-10H2,(H3,17,18,19);1H. The molecule has 1 aliphatic heterocycles. The van der Waals surface area contributed by atoms with Crippen molar-refractivity contribution in [3.05, 3.63) is 35.7 Å². The van der Waals surface area contributed by atoms with E-state index in [2.05, 4.69) is 31.9 Å². The first-order chi connectivity index (χ1) is 11.8. The van der Waals surface area contributed by atoms with Crippen LogP contribution in [-0.4, -0.2) is 32.8 Å². The first-order valence-corrected chi connectivity index (χ1v) is 8.33. The number of aliphatic imine (C=N–C) groups is 1. The van der Waals surface area contributed by atoms with E-state index in [1.165, 1.54) is 12.8 Å². The molecule has 25 heavy (non-hydrogen) atoms. The molecule has 1 saturated carbocycles. The summed E-state index contributed by atoms with van der Waals surface area (Å²) in [4.78, 5) is 4.40. The zero-order chi connectivity index (χ0) is 16.4. The molecule has 1 aromatic carbocycles. The molecule has 0 bridgehead atoms. The van der Waals surface area contributed by atoms with Crippen LogP contribution in [0.5, 0.6) is 5.75 Å². The van der Waals surface area contributed by atoms with Crippen molar-refractivity contribution in [1.29, 1.82) is 0 Å². The SMILES string of the molecule is I.NC(=NCc1nnnn1CC1CC1)NC1CCOc2ccccc21. The second-order valence-corrected chi connectivity index (χ2v) is 6.29. The first kappa shape index (κ1) is 17.9. The number of ether oxygens (including phenoxy) is 1. The molecule has 0 spiro atoms. The summed E-state index contributed by atoms with van der Waals surface area (Å²) in [6, 6.07) is 8.11. The van der Waals surface area contributed by atoms with Gasteiger partial charge in [0.2, 0.25) is 0 Å². The molecule has 9 heteroatoms. The largest absolute Gasteiger partial charge is 0.493 e. The van der Waals surface area contributed by atoms with E-state index in [-0.39, 0.29) is 30.0 Å². The number of aromatic nitrogens is 4. The zero-order valence-electron chi connectivity index (χ0n) is 13.8. The van der Waals surface area contributed by atoms with Crippen molar-refractivity contribution < 1.29 is 4.74 Å². The van der Waals surface area contributed by atoms with E-state index in [4.69, 9.17) is 10.5 Å². The zero-order valence-corrected chi connectivity index (χ0v) is 16.2. The molecule has 2 aromatic rings. The Morgan fingerprint density at radius 3 is 3.00 bits per heavy atom. The summed E-state index contributed by atoms with van der Waals surface area (Å²) in [5.74, 6) is 2.77. The highest BCUT2D eigenvalue weighted by molar-refractivity contribution is 14.0. The second kappa shape index (κ2) is 7.98. The Hall–Kier alpha value is -1.91. The molecular weight excluding hydrogens is 433 g/mol. The van der Waals surface area contributed by atoms with E-state index in [0.717, 1.165) is 30.1 Å². The molecule has 8 nitrogen and oxygen atoms in total. The number of nitrogens with zero attached hydrogens (tertiary/aromatic N) is 5. The predicted molar refractivity (Wildman–Crippen MR) is 104 cm³/mol. The van der Waals surface area contributed by atoms with Crippen molar-refractivity contribution >= 4 is 29.9 Å². The Balaban J connectivity index is 0.00000182. The molecule has 1 aliphatic carbocycles. The number of nitrogens with two attached hydrogens (primary N) is 1. The molecule has 2 aliphatic rings. The third-order valence-corrected chi connectivity index (χ3v) is 4.41. The summed E-state index contributed by atoms with van der Waals surface area (Å²) in [6.45, 7) is 1.92. The van der Waals surface area contributed by atoms with Crippen molar-refractivity contribution in [1.82, 2.24) is 25.5 Å². The number of benzene rings is 1. The lowest BCUT2D eigenvalue weighted by atomic mass is 10.0. The fraction of sp³-hybridized carbons (Fsp3) is 0.500. The van der Waals surface area contributed by atoms with Gasteiger partial charge >= 0.3 is 0 Å². The number of fused-ring (bicyclic) bond motifs is 1. The average molecular weight is 455 g/mol. The fourth-order valence-corrected chi connectivity index (χ4v) is 2.90. The van der Waals surface area contributed by atoms with Crippen LogP contribution in [0.25, 0.3) is 0 Å². The molecule has 134 valence electrons. The number of nitrogens with one attached hydrogen (secondary N) is 1. The Kier molecular flexibility index (Phi) is 5.71. The Bertz CT molecular complexity index is 744. The van der Waals surface area contributed by atoms with Crippen molar-refractivity contribution in [2.24, 2.45) is 16.6 Å². The molecule has 0 amide bonds. The van der Waals surface area contributed by atoms with Gasteiger partial charge in [0, 0.05) is 18.5 Å². The highest BCUT2D eigenvalue weighted by Gasteiger charge is 2.24. The summed E-state index contributed by atoms with van der Waals surface area (Å²) in [7, 11) is 0. The lowest BCUT2D eigenvalue weighted by Crippen LogP contribution is -2.37. The van der Waals surface area contributed by atoms with Crippen LogP contribution < -0.4 is 15.8 Å². The number of halogens is 1. The van der Waals surface area contributed by atoms with E-state index in [1.54, 1.807) is 0 Å². The molecule has 1 atom stereocenters. The monoisotopic (exact) mass is 455 g/mol. The topological polar surface area (TPSA) is 103 Å². The third-order valence-electron chi connectivity index (χ3n) is 4.41. The summed E-state index contributed by atoms with van der Waals surface area (Å²) in [5.41, 5.74) is 7.17. The minimum absolute atomic E-state index is 0. The lowest BCUT2D eigenvalue weighted by Gasteiger charge is -2.26. The third kappa shape index (κ3) is 4.39. The van der Waals surface area contributed by atoms with E-state index in [0.29, 0.717) is 25.0 Å². The number of hydrogen-bond acceptors (Lipinski definition) is 5. The van der Waals surface area contributed by atoms with Crippen LogP contribution in [0.1, 0.15) is 36.7 Å². The Labute approximate surface area is 163 Å². The van der Waals surface area contributed by atoms with Crippen molar-refractivity contribution in [3.8, 4) is 5.75 Å². The Morgan fingerprint density at radius 2 is 2.16 bits per heavy atom. The first-order valence-electron chi connectivity index (χ1n) is 8.33. The summed E-state index contributed by atoms with van der Waals surface area (Å²) in [5, 5.41) is 15.1. The maximum absolute atomic E-state index is 6.06. The van der Waals surface area contributed by atoms with Crippen molar-refractivity contribution in [2.45, 2.75) is 38.4 Å². The van der Waals surface area contributed by atoms with Crippen LogP contribution in [0.2, 0.25) is 0 Å². The van der Waals surface area contributed by atoms with Gasteiger partial charge in [0.1, 0.15) is 12.3 Å². The minimum Gasteiger partial charge on any atom is -0.493 e. The maximum Gasteiger partial charge on any atom is 0.189 e. The number of tetrazole rings is 1. The molecule has 4 rings (SSSR count). The van der Waals surface area contributed by atoms with Gasteiger partial charge in [-0.25, -0.2) is 9.67 Å². The quantitative estimate of drug-likeness (QED) is 0.404. The normalized spacial score (nSPS) is 19.5. The molecule has 0 saturated heterocycles. The van der Waals surface area contributed by atoms with Crippen LogP contribution in [0, 0.1) is 5.92 Å². The number of rotatable bonds is 5. The van der Waals surface area contributed by atoms with Gasteiger partial charge < -0.3 is 15.8 Å². The second-order valence-electron chi connectivity index (χ2n) is 6.29. The maximum atomic E-state index is 6.06. The van der Waals surface area contributed by atoms with Crippen LogP contribution >= 0.6 is 24.0 Å². The molecule has 1 unspecified atom stereocenters. The highest BCUT2D eigenvalue weighted by Crippen LogP contribution is 2.31. The molecular formula is C16H22IN7O. The molecule has 0 radical (unpaired) electrons. The number of guanidine groups is 1. The van der Waals surface area contributed by atoms with E-state index < -0.39 is 0 Å². The van der Waals surface area contributed by atoms with Gasteiger partial charge in [-0.05, 0) is 35.3 Å². The Morgan fingerprint density at radius 1 is 1.32 bits per heavy atom. The van der Waals surface area contributed by atoms with Gasteiger partial charge in [-0.2, -0.15) is 0 Å². The minimum atomic E-state index is 0. The van der Waals surface area contributed by atoms with Gasteiger partial charge in [0.25, 0.3) is 0 Å². The van der Waals surface area contributed by atoms with Gasteiger partial charge in [0.15, 0.2) is 11.8 Å².